The Labute approximate surface area is 95.3 Å². The van der Waals surface area contributed by atoms with Crippen molar-refractivity contribution < 1.29 is 0 Å². The molecule has 4 nitrogen and oxygen atoms in total. The van der Waals surface area contributed by atoms with Crippen LogP contribution in [0.3, 0.4) is 0 Å². The highest BCUT2D eigenvalue weighted by Crippen LogP contribution is 2.18. The van der Waals surface area contributed by atoms with Gasteiger partial charge in [-0.15, -0.1) is 0 Å². The predicted molar refractivity (Wildman–Crippen MR) is 64.2 cm³/mol. The minimum absolute atomic E-state index is 0.219. The van der Waals surface area contributed by atoms with Gasteiger partial charge in [0.25, 0.3) is 0 Å². The SMILES string of the molecule is Cc1cncc(NC(C)c2ccnn2C)c1. The van der Waals surface area contributed by atoms with Crippen LogP contribution in [-0.4, -0.2) is 14.8 Å². The van der Waals surface area contributed by atoms with E-state index in [9.17, 15) is 0 Å². The van der Waals surface area contributed by atoms with Gasteiger partial charge in [0.1, 0.15) is 0 Å². The number of hydrogen-bond donors (Lipinski definition) is 1. The molecule has 2 aromatic heterocycles. The Bertz CT molecular complexity index is 475. The molecule has 1 atom stereocenters. The van der Waals surface area contributed by atoms with Gasteiger partial charge in [0.2, 0.25) is 0 Å². The molecule has 0 spiro atoms. The molecule has 84 valence electrons. The van der Waals surface area contributed by atoms with E-state index in [2.05, 4.69) is 28.4 Å². The fourth-order valence-electron chi connectivity index (χ4n) is 1.77. The molecule has 2 heterocycles. The molecule has 1 unspecified atom stereocenters. The third kappa shape index (κ3) is 2.21. The van der Waals surface area contributed by atoms with Crippen molar-refractivity contribution in [3.63, 3.8) is 0 Å². The average Bonchev–Trinajstić information content (AvgIpc) is 2.64. The second-order valence-corrected chi connectivity index (χ2v) is 4.00. The molecule has 1 N–H and O–H groups in total. The van der Waals surface area contributed by atoms with Crippen molar-refractivity contribution in [3.8, 4) is 0 Å². The molecule has 0 aromatic carbocycles. The van der Waals surface area contributed by atoms with Crippen molar-refractivity contribution in [2.24, 2.45) is 7.05 Å². The number of rotatable bonds is 3. The standard InChI is InChI=1S/C12H16N4/c1-9-6-11(8-13-7-9)15-10(2)12-4-5-14-16(12)3/h4-8,10,15H,1-3H3. The Morgan fingerprint density at radius 3 is 2.81 bits per heavy atom. The van der Waals surface area contributed by atoms with Crippen LogP contribution < -0.4 is 5.32 Å². The molecule has 16 heavy (non-hydrogen) atoms. The Balaban J connectivity index is 2.14. The number of aryl methyl sites for hydroxylation is 2. The van der Waals surface area contributed by atoms with Crippen LogP contribution in [0.1, 0.15) is 24.2 Å². The molecule has 0 fully saturated rings. The van der Waals surface area contributed by atoms with Crippen molar-refractivity contribution in [1.29, 1.82) is 0 Å². The monoisotopic (exact) mass is 216 g/mol. The highest BCUT2D eigenvalue weighted by molar-refractivity contribution is 5.44. The lowest BCUT2D eigenvalue weighted by Crippen LogP contribution is -2.11. The number of aromatic nitrogens is 3. The third-order valence-electron chi connectivity index (χ3n) is 2.56. The van der Waals surface area contributed by atoms with Crippen LogP contribution >= 0.6 is 0 Å². The van der Waals surface area contributed by atoms with Gasteiger partial charge in [0, 0.05) is 25.6 Å². The maximum atomic E-state index is 4.16. The van der Waals surface area contributed by atoms with Crippen molar-refractivity contribution >= 4 is 5.69 Å². The zero-order chi connectivity index (χ0) is 11.5. The zero-order valence-corrected chi connectivity index (χ0v) is 9.81. The Hall–Kier alpha value is -1.84. The van der Waals surface area contributed by atoms with Gasteiger partial charge in [-0.3, -0.25) is 9.67 Å². The van der Waals surface area contributed by atoms with Crippen LogP contribution in [0.5, 0.6) is 0 Å². The summed E-state index contributed by atoms with van der Waals surface area (Å²) in [7, 11) is 1.95. The summed E-state index contributed by atoms with van der Waals surface area (Å²) in [6.45, 7) is 4.15. The first kappa shape index (κ1) is 10.7. The third-order valence-corrected chi connectivity index (χ3v) is 2.56. The van der Waals surface area contributed by atoms with Gasteiger partial charge in [-0.25, -0.2) is 0 Å². The first-order chi connectivity index (χ1) is 7.66. The predicted octanol–water partition coefficient (Wildman–Crippen LogP) is 2.30. The summed E-state index contributed by atoms with van der Waals surface area (Å²) in [4.78, 5) is 4.16. The van der Waals surface area contributed by atoms with Gasteiger partial charge in [-0.05, 0) is 31.5 Å². The molecular formula is C12H16N4. The van der Waals surface area contributed by atoms with E-state index in [0.29, 0.717) is 0 Å². The fraction of sp³-hybridized carbons (Fsp3) is 0.333. The lowest BCUT2D eigenvalue weighted by Gasteiger charge is -2.15. The first-order valence-corrected chi connectivity index (χ1v) is 5.33. The lowest BCUT2D eigenvalue weighted by molar-refractivity contribution is 0.675. The van der Waals surface area contributed by atoms with E-state index in [-0.39, 0.29) is 6.04 Å². The summed E-state index contributed by atoms with van der Waals surface area (Å²) in [6.07, 6.45) is 5.49. The van der Waals surface area contributed by atoms with Gasteiger partial charge >= 0.3 is 0 Å². The van der Waals surface area contributed by atoms with Gasteiger partial charge in [0.05, 0.1) is 17.4 Å². The molecule has 2 aromatic rings. The second kappa shape index (κ2) is 4.35. The molecule has 2 rings (SSSR count). The van der Waals surface area contributed by atoms with E-state index in [1.807, 2.05) is 43.3 Å². The number of nitrogens with zero attached hydrogens (tertiary/aromatic N) is 3. The van der Waals surface area contributed by atoms with Crippen LogP contribution in [0.4, 0.5) is 5.69 Å². The molecule has 0 saturated heterocycles. The van der Waals surface area contributed by atoms with Gasteiger partial charge in [-0.2, -0.15) is 5.10 Å². The highest BCUT2D eigenvalue weighted by atomic mass is 15.3. The van der Waals surface area contributed by atoms with Gasteiger partial charge in [-0.1, -0.05) is 0 Å². The molecule has 0 radical (unpaired) electrons. The number of anilines is 1. The summed E-state index contributed by atoms with van der Waals surface area (Å²) < 4.78 is 1.88. The average molecular weight is 216 g/mol. The first-order valence-electron chi connectivity index (χ1n) is 5.33. The van der Waals surface area contributed by atoms with Crippen LogP contribution in [0.2, 0.25) is 0 Å². The molecule has 0 aliphatic rings. The Kier molecular flexibility index (Phi) is 2.90. The minimum Gasteiger partial charge on any atom is -0.376 e. The van der Waals surface area contributed by atoms with Crippen LogP contribution in [0.25, 0.3) is 0 Å². The van der Waals surface area contributed by atoms with E-state index >= 15 is 0 Å². The van der Waals surface area contributed by atoms with E-state index in [1.165, 1.54) is 0 Å². The maximum Gasteiger partial charge on any atom is 0.0654 e. The molecule has 0 aliphatic heterocycles. The molecule has 4 heteroatoms. The fourth-order valence-corrected chi connectivity index (χ4v) is 1.77. The minimum atomic E-state index is 0.219. The normalized spacial score (nSPS) is 12.4. The van der Waals surface area contributed by atoms with E-state index < -0.39 is 0 Å². The smallest absolute Gasteiger partial charge is 0.0654 e. The number of nitrogens with one attached hydrogen (secondary N) is 1. The Morgan fingerprint density at radius 2 is 2.19 bits per heavy atom. The quantitative estimate of drug-likeness (QED) is 0.856. The summed E-state index contributed by atoms with van der Waals surface area (Å²) >= 11 is 0. The van der Waals surface area contributed by atoms with E-state index in [4.69, 9.17) is 0 Å². The number of hydrogen-bond acceptors (Lipinski definition) is 3. The molecule has 0 amide bonds. The van der Waals surface area contributed by atoms with Crippen molar-refractivity contribution in [1.82, 2.24) is 14.8 Å². The van der Waals surface area contributed by atoms with Gasteiger partial charge in [0.15, 0.2) is 0 Å². The summed E-state index contributed by atoms with van der Waals surface area (Å²) in [5, 5.41) is 7.56. The van der Waals surface area contributed by atoms with E-state index in [1.54, 1.807) is 0 Å². The van der Waals surface area contributed by atoms with Crippen molar-refractivity contribution in [3.05, 3.63) is 42.0 Å². The molecule has 0 aliphatic carbocycles. The second-order valence-electron chi connectivity index (χ2n) is 4.00. The zero-order valence-electron chi connectivity index (χ0n) is 9.81. The highest BCUT2D eigenvalue weighted by Gasteiger charge is 2.08. The van der Waals surface area contributed by atoms with Crippen LogP contribution in [-0.2, 0) is 7.05 Å². The van der Waals surface area contributed by atoms with Crippen molar-refractivity contribution in [2.45, 2.75) is 19.9 Å². The maximum absolute atomic E-state index is 4.16. The van der Waals surface area contributed by atoms with Crippen molar-refractivity contribution in [2.75, 3.05) is 5.32 Å². The summed E-state index contributed by atoms with van der Waals surface area (Å²) in [6, 6.07) is 4.32. The summed E-state index contributed by atoms with van der Waals surface area (Å²) in [5.41, 5.74) is 3.34. The van der Waals surface area contributed by atoms with Gasteiger partial charge < -0.3 is 5.32 Å². The molecule has 0 bridgehead atoms. The van der Waals surface area contributed by atoms with Crippen LogP contribution in [0, 0.1) is 6.92 Å². The lowest BCUT2D eigenvalue weighted by atomic mass is 10.2. The summed E-state index contributed by atoms with van der Waals surface area (Å²) in [5.74, 6) is 0. The molecule has 0 saturated carbocycles. The topological polar surface area (TPSA) is 42.7 Å². The number of pyridine rings is 1. The Morgan fingerprint density at radius 1 is 1.38 bits per heavy atom. The molecular weight excluding hydrogens is 200 g/mol. The largest absolute Gasteiger partial charge is 0.376 e. The van der Waals surface area contributed by atoms with E-state index in [0.717, 1.165) is 16.9 Å². The van der Waals surface area contributed by atoms with Crippen LogP contribution in [0.15, 0.2) is 30.7 Å².